The molecule has 0 bridgehead atoms. The summed E-state index contributed by atoms with van der Waals surface area (Å²) in [6, 6.07) is 10.7. The summed E-state index contributed by atoms with van der Waals surface area (Å²) in [6.45, 7) is 4.48. The summed E-state index contributed by atoms with van der Waals surface area (Å²) < 4.78 is 0. The van der Waals surface area contributed by atoms with Crippen molar-refractivity contribution in [1.29, 1.82) is 0 Å². The first-order chi connectivity index (χ1) is 8.36. The molecule has 1 aromatic carbocycles. The van der Waals surface area contributed by atoms with Gasteiger partial charge < -0.3 is 16.4 Å². The Labute approximate surface area is 105 Å². The van der Waals surface area contributed by atoms with E-state index in [1.165, 1.54) is 24.8 Å². The molecule has 0 amide bonds. The van der Waals surface area contributed by atoms with E-state index in [2.05, 4.69) is 35.2 Å². The first-order valence-corrected chi connectivity index (χ1v) is 6.53. The van der Waals surface area contributed by atoms with Gasteiger partial charge in [0.1, 0.15) is 0 Å². The highest BCUT2D eigenvalue weighted by Crippen LogP contribution is 2.05. The van der Waals surface area contributed by atoms with Crippen LogP contribution in [0.4, 0.5) is 0 Å². The predicted molar refractivity (Wildman–Crippen MR) is 73.9 cm³/mol. The van der Waals surface area contributed by atoms with Gasteiger partial charge in [0.2, 0.25) is 0 Å². The van der Waals surface area contributed by atoms with Crippen molar-refractivity contribution < 1.29 is 0 Å². The summed E-state index contributed by atoms with van der Waals surface area (Å²) in [7, 11) is 0. The molecule has 3 heteroatoms. The fraction of sp³-hybridized carbons (Fsp3) is 0.571. The zero-order chi connectivity index (χ0) is 12.3. The van der Waals surface area contributed by atoms with E-state index < -0.39 is 0 Å². The average molecular weight is 235 g/mol. The van der Waals surface area contributed by atoms with Crippen LogP contribution in [0.2, 0.25) is 0 Å². The Morgan fingerprint density at radius 2 is 1.47 bits per heavy atom. The molecule has 0 heterocycles. The van der Waals surface area contributed by atoms with Gasteiger partial charge in [0.05, 0.1) is 0 Å². The van der Waals surface area contributed by atoms with Crippen LogP contribution in [0.15, 0.2) is 30.3 Å². The Morgan fingerprint density at radius 3 is 2.06 bits per heavy atom. The van der Waals surface area contributed by atoms with Crippen LogP contribution in [0.5, 0.6) is 0 Å². The van der Waals surface area contributed by atoms with Crippen LogP contribution < -0.4 is 11.5 Å². The van der Waals surface area contributed by atoms with Crippen molar-refractivity contribution in [3.05, 3.63) is 35.9 Å². The summed E-state index contributed by atoms with van der Waals surface area (Å²) >= 11 is 0. The summed E-state index contributed by atoms with van der Waals surface area (Å²) in [6.07, 6.45) is 3.62. The number of unbranched alkanes of at least 4 members (excludes halogenated alkanes) is 1. The van der Waals surface area contributed by atoms with Crippen molar-refractivity contribution >= 4 is 0 Å². The van der Waals surface area contributed by atoms with Gasteiger partial charge in [-0.15, -0.1) is 0 Å². The van der Waals surface area contributed by atoms with E-state index in [9.17, 15) is 0 Å². The van der Waals surface area contributed by atoms with Crippen molar-refractivity contribution in [1.82, 2.24) is 4.90 Å². The fourth-order valence-electron chi connectivity index (χ4n) is 2.01. The molecule has 0 aliphatic heterocycles. The van der Waals surface area contributed by atoms with Crippen LogP contribution in [0.25, 0.3) is 0 Å². The third-order valence-electron chi connectivity index (χ3n) is 2.92. The van der Waals surface area contributed by atoms with Crippen LogP contribution in [0.1, 0.15) is 18.4 Å². The molecule has 0 spiro atoms. The Kier molecular flexibility index (Phi) is 7.63. The molecule has 0 saturated heterocycles. The average Bonchev–Trinajstić information content (AvgIpc) is 2.36. The number of benzene rings is 1. The van der Waals surface area contributed by atoms with Gasteiger partial charge in [-0.1, -0.05) is 30.3 Å². The zero-order valence-corrected chi connectivity index (χ0v) is 10.6. The second-order valence-electron chi connectivity index (χ2n) is 4.36. The topological polar surface area (TPSA) is 55.3 Å². The maximum atomic E-state index is 5.57. The molecule has 4 N–H and O–H groups in total. The monoisotopic (exact) mass is 235 g/mol. The van der Waals surface area contributed by atoms with E-state index in [1.54, 1.807) is 0 Å². The number of nitrogens with zero attached hydrogens (tertiary/aromatic N) is 1. The van der Waals surface area contributed by atoms with E-state index in [0.29, 0.717) is 0 Å². The summed E-state index contributed by atoms with van der Waals surface area (Å²) in [4.78, 5) is 2.35. The van der Waals surface area contributed by atoms with Gasteiger partial charge in [0.25, 0.3) is 0 Å². The van der Waals surface area contributed by atoms with Crippen molar-refractivity contribution in [2.45, 2.75) is 19.3 Å². The summed E-state index contributed by atoms with van der Waals surface area (Å²) in [5.41, 5.74) is 12.6. The molecule has 17 heavy (non-hydrogen) atoms. The van der Waals surface area contributed by atoms with Crippen LogP contribution in [-0.4, -0.2) is 37.6 Å². The van der Waals surface area contributed by atoms with Crippen LogP contribution in [-0.2, 0) is 6.42 Å². The summed E-state index contributed by atoms with van der Waals surface area (Å²) in [5.74, 6) is 0. The van der Waals surface area contributed by atoms with Gasteiger partial charge >= 0.3 is 0 Å². The largest absolute Gasteiger partial charge is 0.329 e. The highest BCUT2D eigenvalue weighted by Gasteiger charge is 2.02. The maximum absolute atomic E-state index is 5.57. The van der Waals surface area contributed by atoms with Gasteiger partial charge in [-0.2, -0.15) is 0 Å². The lowest BCUT2D eigenvalue weighted by atomic mass is 10.1. The molecule has 96 valence electrons. The normalized spacial score (nSPS) is 11.0. The minimum atomic E-state index is 0.721. The second kappa shape index (κ2) is 9.16. The van der Waals surface area contributed by atoms with E-state index >= 15 is 0 Å². The number of aryl methyl sites for hydroxylation is 1. The predicted octanol–water partition coefficient (Wildman–Crippen LogP) is 1.23. The van der Waals surface area contributed by atoms with E-state index in [0.717, 1.165) is 32.7 Å². The number of nitrogens with two attached hydrogens (primary N) is 2. The number of hydrogen-bond donors (Lipinski definition) is 2. The first kappa shape index (κ1) is 14.2. The Morgan fingerprint density at radius 1 is 0.824 bits per heavy atom. The summed E-state index contributed by atoms with van der Waals surface area (Å²) in [5, 5.41) is 0. The zero-order valence-electron chi connectivity index (χ0n) is 10.6. The lowest BCUT2D eigenvalue weighted by molar-refractivity contribution is 0.283. The van der Waals surface area contributed by atoms with Crippen molar-refractivity contribution in [3.8, 4) is 0 Å². The molecule has 3 nitrogen and oxygen atoms in total. The van der Waals surface area contributed by atoms with Gasteiger partial charge in [0, 0.05) is 26.2 Å². The third-order valence-corrected chi connectivity index (χ3v) is 2.92. The van der Waals surface area contributed by atoms with E-state index in [-0.39, 0.29) is 0 Å². The lowest BCUT2D eigenvalue weighted by Gasteiger charge is -2.20. The fourth-order valence-corrected chi connectivity index (χ4v) is 2.01. The molecule has 0 radical (unpaired) electrons. The molecule has 1 aromatic rings. The first-order valence-electron chi connectivity index (χ1n) is 6.53. The minimum absolute atomic E-state index is 0.721. The molecule has 0 fully saturated rings. The van der Waals surface area contributed by atoms with E-state index in [1.807, 2.05) is 0 Å². The Balaban J connectivity index is 2.13. The van der Waals surface area contributed by atoms with Crippen LogP contribution >= 0.6 is 0 Å². The smallest absolute Gasteiger partial charge is 0.0105 e. The van der Waals surface area contributed by atoms with Gasteiger partial charge in [-0.25, -0.2) is 0 Å². The molecule has 0 aliphatic carbocycles. The highest BCUT2D eigenvalue weighted by atomic mass is 15.1. The van der Waals surface area contributed by atoms with E-state index in [4.69, 9.17) is 11.5 Å². The molecule has 0 atom stereocenters. The van der Waals surface area contributed by atoms with Crippen molar-refractivity contribution in [2.75, 3.05) is 32.7 Å². The van der Waals surface area contributed by atoms with Crippen LogP contribution in [0.3, 0.4) is 0 Å². The molecule has 0 aliphatic rings. The highest BCUT2D eigenvalue weighted by molar-refractivity contribution is 5.14. The van der Waals surface area contributed by atoms with Crippen LogP contribution in [0, 0.1) is 0 Å². The van der Waals surface area contributed by atoms with Gasteiger partial charge in [-0.3, -0.25) is 0 Å². The molecule has 0 aromatic heterocycles. The maximum Gasteiger partial charge on any atom is 0.0105 e. The Hall–Kier alpha value is -0.900. The quantitative estimate of drug-likeness (QED) is 0.633. The van der Waals surface area contributed by atoms with Gasteiger partial charge in [-0.05, 0) is 31.4 Å². The Bertz CT molecular complexity index is 268. The molecular weight excluding hydrogens is 210 g/mol. The lowest BCUT2D eigenvalue weighted by Crippen LogP contribution is -2.34. The SMILES string of the molecule is NCCN(CCN)CCCCc1ccccc1. The third kappa shape index (κ3) is 6.41. The standard InChI is InChI=1S/C14H25N3/c15-9-12-17(13-10-16)11-5-4-8-14-6-2-1-3-7-14/h1-3,6-7H,4-5,8-13,15-16H2. The number of rotatable bonds is 9. The minimum Gasteiger partial charge on any atom is -0.329 e. The molecular formula is C14H25N3. The van der Waals surface area contributed by atoms with Crippen molar-refractivity contribution in [3.63, 3.8) is 0 Å². The molecule has 0 unspecified atom stereocenters. The van der Waals surface area contributed by atoms with Crippen molar-refractivity contribution in [2.24, 2.45) is 11.5 Å². The number of hydrogen-bond acceptors (Lipinski definition) is 3. The second-order valence-corrected chi connectivity index (χ2v) is 4.36. The molecule has 1 rings (SSSR count). The van der Waals surface area contributed by atoms with Gasteiger partial charge in [0.15, 0.2) is 0 Å². The molecule has 0 saturated carbocycles.